The number of hydrogen-bond acceptors (Lipinski definition) is 4. The van der Waals surface area contributed by atoms with Crippen LogP contribution < -0.4 is 20.5 Å². The molecule has 1 aromatic rings. The molecule has 0 heterocycles. The number of guanidine groups is 1. The molecular formula is C15H25IN4O3S. The minimum atomic E-state index is -3.49. The minimum Gasteiger partial charge on any atom is -0.489 e. The van der Waals surface area contributed by atoms with Gasteiger partial charge in [-0.2, -0.15) is 0 Å². The Morgan fingerprint density at radius 3 is 2.71 bits per heavy atom. The Balaban J connectivity index is 0.00000529. The monoisotopic (exact) mass is 468 g/mol. The van der Waals surface area contributed by atoms with E-state index in [0.717, 1.165) is 11.3 Å². The van der Waals surface area contributed by atoms with E-state index in [9.17, 15) is 8.42 Å². The first kappa shape index (κ1) is 22.7. The van der Waals surface area contributed by atoms with Gasteiger partial charge < -0.3 is 15.4 Å². The maximum Gasteiger partial charge on any atom is 0.210 e. The van der Waals surface area contributed by atoms with Crippen molar-refractivity contribution in [2.24, 2.45) is 10.1 Å². The summed E-state index contributed by atoms with van der Waals surface area (Å²) < 4.78 is 27.5. The highest BCUT2D eigenvalue weighted by atomic mass is 127. The van der Waals surface area contributed by atoms with Crippen LogP contribution in [0.2, 0.25) is 0 Å². The summed E-state index contributed by atoms with van der Waals surface area (Å²) in [5, 5.41) is 11.0. The van der Waals surface area contributed by atoms with E-state index in [2.05, 4.69) is 22.2 Å². The summed E-state index contributed by atoms with van der Waals surface area (Å²) in [5.41, 5.74) is 0.929. The van der Waals surface area contributed by atoms with Crippen LogP contribution in [0.25, 0.3) is 0 Å². The zero-order valence-electron chi connectivity index (χ0n) is 13.7. The van der Waals surface area contributed by atoms with E-state index in [1.165, 1.54) is 0 Å². The predicted octanol–water partition coefficient (Wildman–Crippen LogP) is 1.21. The third-order valence-electron chi connectivity index (χ3n) is 2.76. The number of aliphatic imine (C=N–C) groups is 1. The van der Waals surface area contributed by atoms with Gasteiger partial charge in [0.25, 0.3) is 0 Å². The smallest absolute Gasteiger partial charge is 0.210 e. The summed E-state index contributed by atoms with van der Waals surface area (Å²) in [4.78, 5) is 4.42. The van der Waals surface area contributed by atoms with Crippen LogP contribution in [0.4, 0.5) is 0 Å². The Bertz CT molecular complexity index is 635. The molecule has 7 nitrogen and oxygen atoms in total. The van der Waals surface area contributed by atoms with Gasteiger partial charge in [0.05, 0.1) is 12.3 Å². The number of nitrogens with one attached hydrogen (secondary N) is 2. The molecular weight excluding hydrogens is 443 g/mol. The van der Waals surface area contributed by atoms with E-state index >= 15 is 0 Å². The molecule has 136 valence electrons. The highest BCUT2D eigenvalue weighted by Crippen LogP contribution is 2.18. The maximum absolute atomic E-state index is 10.9. The number of rotatable bonds is 9. The second-order valence-corrected chi connectivity index (χ2v) is 6.43. The number of ether oxygens (including phenoxy) is 1. The summed E-state index contributed by atoms with van der Waals surface area (Å²) in [5.74, 6) is 1.11. The molecule has 0 unspecified atom stereocenters. The Morgan fingerprint density at radius 2 is 2.08 bits per heavy atom. The molecule has 0 atom stereocenters. The lowest BCUT2D eigenvalue weighted by Gasteiger charge is -2.12. The fourth-order valence-corrected chi connectivity index (χ4v) is 2.13. The van der Waals surface area contributed by atoms with Crippen LogP contribution in [0.1, 0.15) is 12.5 Å². The van der Waals surface area contributed by atoms with E-state index in [1.807, 2.05) is 31.2 Å². The second-order valence-electron chi connectivity index (χ2n) is 4.70. The number of hydrogen-bond donors (Lipinski definition) is 3. The van der Waals surface area contributed by atoms with Crippen LogP contribution >= 0.6 is 24.0 Å². The zero-order chi connectivity index (χ0) is 17.1. The molecule has 0 saturated heterocycles. The Hall–Kier alpha value is -1.33. The molecule has 9 heteroatoms. The average molecular weight is 468 g/mol. The lowest BCUT2D eigenvalue weighted by molar-refractivity contribution is 0.359. The van der Waals surface area contributed by atoms with E-state index in [-0.39, 0.29) is 36.3 Å². The van der Waals surface area contributed by atoms with Gasteiger partial charge in [-0.05, 0) is 13.0 Å². The standard InChI is InChI=1S/C15H24N4O3S.HI/c1-3-10-22-14-8-6-5-7-13(14)12-19-15(17-4-2)18-9-11-23(16,20)21;/h3,5-8H,1,4,9-12H2,2H3,(H2,16,20,21)(H2,17,18,19);1H. The van der Waals surface area contributed by atoms with E-state index in [1.54, 1.807) is 6.08 Å². The van der Waals surface area contributed by atoms with Crippen molar-refractivity contribution in [3.8, 4) is 5.75 Å². The van der Waals surface area contributed by atoms with Gasteiger partial charge in [0.15, 0.2) is 5.96 Å². The van der Waals surface area contributed by atoms with Crippen LogP contribution in [0.5, 0.6) is 5.75 Å². The van der Waals surface area contributed by atoms with Gasteiger partial charge >= 0.3 is 0 Å². The van der Waals surface area contributed by atoms with Crippen molar-refractivity contribution in [2.45, 2.75) is 13.5 Å². The SMILES string of the molecule is C=CCOc1ccccc1CN=C(NCC)NCCS(N)(=O)=O.I. The predicted molar refractivity (Wildman–Crippen MR) is 108 cm³/mol. The van der Waals surface area contributed by atoms with Gasteiger partial charge in [-0.3, -0.25) is 0 Å². The fraction of sp³-hybridized carbons (Fsp3) is 0.400. The van der Waals surface area contributed by atoms with Gasteiger partial charge in [-0.1, -0.05) is 30.9 Å². The third kappa shape index (κ3) is 9.73. The first-order valence-electron chi connectivity index (χ1n) is 7.30. The molecule has 0 fully saturated rings. The highest BCUT2D eigenvalue weighted by Gasteiger charge is 2.05. The van der Waals surface area contributed by atoms with Gasteiger partial charge in [-0.25, -0.2) is 18.5 Å². The van der Waals surface area contributed by atoms with Crippen molar-refractivity contribution in [1.29, 1.82) is 0 Å². The molecule has 24 heavy (non-hydrogen) atoms. The van der Waals surface area contributed by atoms with Crippen molar-refractivity contribution in [2.75, 3.05) is 25.4 Å². The van der Waals surface area contributed by atoms with Gasteiger partial charge in [0.2, 0.25) is 10.0 Å². The van der Waals surface area contributed by atoms with Crippen LogP contribution in [0, 0.1) is 0 Å². The second kappa shape index (κ2) is 12.1. The zero-order valence-corrected chi connectivity index (χ0v) is 16.8. The van der Waals surface area contributed by atoms with Crippen molar-refractivity contribution in [3.05, 3.63) is 42.5 Å². The summed E-state index contributed by atoms with van der Waals surface area (Å²) in [6, 6.07) is 7.60. The third-order valence-corrected chi connectivity index (χ3v) is 3.53. The lowest BCUT2D eigenvalue weighted by Crippen LogP contribution is -2.40. The number of para-hydroxylation sites is 1. The normalized spacial score (nSPS) is 11.3. The molecule has 1 aromatic carbocycles. The molecule has 0 aliphatic rings. The molecule has 0 spiro atoms. The summed E-state index contributed by atoms with van der Waals surface area (Å²) in [6.45, 7) is 7.24. The van der Waals surface area contributed by atoms with Gasteiger partial charge in [0.1, 0.15) is 12.4 Å². The largest absolute Gasteiger partial charge is 0.489 e. The minimum absolute atomic E-state index is 0. The summed E-state index contributed by atoms with van der Waals surface area (Å²) in [6.07, 6.45) is 1.68. The molecule has 0 saturated carbocycles. The van der Waals surface area contributed by atoms with Crippen molar-refractivity contribution < 1.29 is 13.2 Å². The summed E-state index contributed by atoms with van der Waals surface area (Å²) >= 11 is 0. The topological polar surface area (TPSA) is 106 Å². The van der Waals surface area contributed by atoms with Gasteiger partial charge in [-0.15, -0.1) is 24.0 Å². The van der Waals surface area contributed by atoms with Crippen LogP contribution in [-0.4, -0.2) is 39.8 Å². The Labute approximate surface area is 160 Å². The lowest BCUT2D eigenvalue weighted by atomic mass is 10.2. The highest BCUT2D eigenvalue weighted by molar-refractivity contribution is 14.0. The number of nitrogens with zero attached hydrogens (tertiary/aromatic N) is 1. The molecule has 0 radical (unpaired) electrons. The number of sulfonamides is 1. The van der Waals surface area contributed by atoms with E-state index < -0.39 is 10.0 Å². The number of halogens is 1. The van der Waals surface area contributed by atoms with Crippen LogP contribution in [0.3, 0.4) is 0 Å². The number of benzene rings is 1. The fourth-order valence-electron chi connectivity index (χ4n) is 1.74. The maximum atomic E-state index is 10.9. The average Bonchev–Trinajstić information content (AvgIpc) is 2.50. The van der Waals surface area contributed by atoms with E-state index in [0.29, 0.717) is 25.7 Å². The molecule has 0 aliphatic heterocycles. The molecule has 0 amide bonds. The van der Waals surface area contributed by atoms with E-state index in [4.69, 9.17) is 9.88 Å². The van der Waals surface area contributed by atoms with Crippen LogP contribution in [-0.2, 0) is 16.6 Å². The van der Waals surface area contributed by atoms with Crippen molar-refractivity contribution in [3.63, 3.8) is 0 Å². The first-order valence-corrected chi connectivity index (χ1v) is 9.02. The number of primary sulfonamides is 1. The molecule has 0 aromatic heterocycles. The van der Waals surface area contributed by atoms with Crippen LogP contribution in [0.15, 0.2) is 41.9 Å². The first-order chi connectivity index (χ1) is 11.0. The van der Waals surface area contributed by atoms with Gasteiger partial charge in [0, 0.05) is 18.7 Å². The molecule has 0 aliphatic carbocycles. The molecule has 4 N–H and O–H groups in total. The Kier molecular flexibility index (Phi) is 11.4. The van der Waals surface area contributed by atoms with Crippen molar-refractivity contribution >= 4 is 40.0 Å². The molecule has 1 rings (SSSR count). The molecule has 0 bridgehead atoms. The quantitative estimate of drug-likeness (QED) is 0.219. The summed E-state index contributed by atoms with van der Waals surface area (Å²) in [7, 11) is -3.49. The number of nitrogens with two attached hydrogens (primary N) is 1. The Morgan fingerprint density at radius 1 is 1.38 bits per heavy atom. The van der Waals surface area contributed by atoms with Crippen molar-refractivity contribution in [1.82, 2.24) is 10.6 Å².